The van der Waals surface area contributed by atoms with E-state index < -0.39 is 10.0 Å². The lowest BCUT2D eigenvalue weighted by Gasteiger charge is -2.16. The normalized spacial score (nSPS) is 11.3. The van der Waals surface area contributed by atoms with Crippen molar-refractivity contribution in [2.24, 2.45) is 0 Å². The van der Waals surface area contributed by atoms with E-state index in [2.05, 4.69) is 10.3 Å². The maximum Gasteiger partial charge on any atom is 0.258 e. The minimum Gasteiger partial charge on any atom is -0.298 e. The molecule has 1 amide bonds. The second-order valence-electron chi connectivity index (χ2n) is 5.28. The minimum absolute atomic E-state index is 0.188. The van der Waals surface area contributed by atoms with Gasteiger partial charge < -0.3 is 0 Å². The lowest BCUT2D eigenvalue weighted by molar-refractivity contribution is 0.102. The molecule has 25 heavy (non-hydrogen) atoms. The fourth-order valence-corrected chi connectivity index (χ4v) is 3.92. The van der Waals surface area contributed by atoms with Crippen LogP contribution in [-0.2, 0) is 10.0 Å². The number of sulfonamides is 1. The summed E-state index contributed by atoms with van der Waals surface area (Å²) in [7, 11) is -1.79. The van der Waals surface area contributed by atoms with Gasteiger partial charge in [-0.15, -0.1) is 11.3 Å². The van der Waals surface area contributed by atoms with Crippen molar-refractivity contribution in [2.45, 2.75) is 0 Å². The molecule has 3 aromatic rings. The predicted octanol–water partition coefficient (Wildman–Crippen LogP) is 3.52. The smallest absolute Gasteiger partial charge is 0.258 e. The van der Waals surface area contributed by atoms with Crippen LogP contribution in [0.1, 0.15) is 10.4 Å². The Morgan fingerprint density at radius 2 is 1.88 bits per heavy atom. The Labute approximate surface area is 153 Å². The van der Waals surface area contributed by atoms with Crippen molar-refractivity contribution in [3.63, 3.8) is 0 Å². The van der Waals surface area contributed by atoms with E-state index in [0.717, 1.165) is 17.5 Å². The van der Waals surface area contributed by atoms with E-state index in [0.29, 0.717) is 16.4 Å². The summed E-state index contributed by atoms with van der Waals surface area (Å²) in [5.41, 5.74) is 2.75. The van der Waals surface area contributed by atoms with Crippen LogP contribution in [0.5, 0.6) is 0 Å². The average Bonchev–Trinajstić information content (AvgIpc) is 3.25. The van der Waals surface area contributed by atoms with E-state index in [9.17, 15) is 13.2 Å². The highest BCUT2D eigenvalue weighted by Gasteiger charge is 2.13. The monoisotopic (exact) mass is 393 g/mol. The van der Waals surface area contributed by atoms with Crippen molar-refractivity contribution in [3.05, 3.63) is 52.0 Å². The van der Waals surface area contributed by atoms with Crippen LogP contribution in [0.3, 0.4) is 0 Å². The SMILES string of the molecule is CN(c1ccc(-c2csc(NC(=O)c3ccsc3)n2)cc1)S(C)(=O)=O. The zero-order valence-electron chi connectivity index (χ0n) is 13.5. The van der Waals surface area contributed by atoms with Crippen molar-refractivity contribution in [1.82, 2.24) is 4.98 Å². The summed E-state index contributed by atoms with van der Waals surface area (Å²) >= 11 is 2.80. The van der Waals surface area contributed by atoms with Gasteiger partial charge in [0.2, 0.25) is 10.0 Å². The number of rotatable bonds is 5. The summed E-state index contributed by atoms with van der Waals surface area (Å²) in [5.74, 6) is -0.188. The molecule has 0 aliphatic rings. The van der Waals surface area contributed by atoms with E-state index in [1.54, 1.807) is 35.7 Å². The molecule has 130 valence electrons. The topological polar surface area (TPSA) is 79.4 Å². The first-order valence-corrected chi connectivity index (χ1v) is 10.8. The van der Waals surface area contributed by atoms with Gasteiger partial charge in [0.15, 0.2) is 5.13 Å². The van der Waals surface area contributed by atoms with Crippen LogP contribution in [0.25, 0.3) is 11.3 Å². The molecule has 2 heterocycles. The van der Waals surface area contributed by atoms with Gasteiger partial charge >= 0.3 is 0 Å². The van der Waals surface area contributed by atoms with Gasteiger partial charge in [-0.2, -0.15) is 11.3 Å². The first-order valence-electron chi connectivity index (χ1n) is 7.18. The number of hydrogen-bond acceptors (Lipinski definition) is 6. The summed E-state index contributed by atoms with van der Waals surface area (Å²) < 4.78 is 24.3. The second-order valence-corrected chi connectivity index (χ2v) is 8.93. The summed E-state index contributed by atoms with van der Waals surface area (Å²) in [4.78, 5) is 16.4. The summed E-state index contributed by atoms with van der Waals surface area (Å²) in [6, 6.07) is 8.80. The van der Waals surface area contributed by atoms with Gasteiger partial charge in [-0.1, -0.05) is 12.1 Å². The maximum atomic E-state index is 12.0. The van der Waals surface area contributed by atoms with Crippen molar-refractivity contribution in [3.8, 4) is 11.3 Å². The van der Waals surface area contributed by atoms with Gasteiger partial charge in [-0.05, 0) is 23.6 Å². The largest absolute Gasteiger partial charge is 0.298 e. The van der Waals surface area contributed by atoms with Crippen molar-refractivity contribution in [2.75, 3.05) is 22.9 Å². The number of aromatic nitrogens is 1. The fraction of sp³-hybridized carbons (Fsp3) is 0.125. The summed E-state index contributed by atoms with van der Waals surface area (Å²) in [5, 5.41) is 8.76. The standard InChI is InChI=1S/C16H15N3O3S3/c1-19(25(2,21)22)13-5-3-11(4-6-13)14-10-24-16(17-14)18-15(20)12-7-8-23-9-12/h3-10H,1-2H3,(H,17,18,20). The third-order valence-electron chi connectivity index (χ3n) is 3.53. The third kappa shape index (κ3) is 4.06. The summed E-state index contributed by atoms with van der Waals surface area (Å²) in [6.07, 6.45) is 1.16. The Balaban J connectivity index is 1.75. The van der Waals surface area contributed by atoms with E-state index in [4.69, 9.17) is 0 Å². The number of hydrogen-bond donors (Lipinski definition) is 1. The fourth-order valence-electron chi connectivity index (χ4n) is 2.06. The van der Waals surface area contributed by atoms with E-state index >= 15 is 0 Å². The van der Waals surface area contributed by atoms with Gasteiger partial charge in [-0.3, -0.25) is 14.4 Å². The first-order chi connectivity index (χ1) is 11.8. The maximum absolute atomic E-state index is 12.0. The highest BCUT2D eigenvalue weighted by molar-refractivity contribution is 7.92. The Hall–Kier alpha value is -2.23. The zero-order chi connectivity index (χ0) is 18.0. The molecule has 0 spiro atoms. The van der Waals surface area contributed by atoms with Gasteiger partial charge in [0.05, 0.1) is 23.2 Å². The number of amides is 1. The van der Waals surface area contributed by atoms with Gasteiger partial charge in [0.1, 0.15) is 0 Å². The molecule has 2 aromatic heterocycles. The lowest BCUT2D eigenvalue weighted by Crippen LogP contribution is -2.24. The Bertz CT molecular complexity index is 977. The quantitative estimate of drug-likeness (QED) is 0.719. The van der Waals surface area contributed by atoms with Crippen LogP contribution in [0, 0.1) is 0 Å². The highest BCUT2D eigenvalue weighted by Crippen LogP contribution is 2.27. The van der Waals surface area contributed by atoms with Gasteiger partial charge in [0.25, 0.3) is 5.91 Å². The van der Waals surface area contributed by atoms with Crippen molar-refractivity contribution in [1.29, 1.82) is 0 Å². The predicted molar refractivity (Wildman–Crippen MR) is 103 cm³/mol. The number of carbonyl (C=O) groups excluding carboxylic acids is 1. The Morgan fingerprint density at radius 3 is 2.48 bits per heavy atom. The molecule has 1 N–H and O–H groups in total. The summed E-state index contributed by atoms with van der Waals surface area (Å²) in [6.45, 7) is 0. The number of nitrogens with zero attached hydrogens (tertiary/aromatic N) is 2. The third-order valence-corrected chi connectivity index (χ3v) is 6.18. The van der Waals surface area contributed by atoms with Crippen LogP contribution in [0.4, 0.5) is 10.8 Å². The molecule has 0 saturated heterocycles. The molecule has 0 saturated carbocycles. The van der Waals surface area contributed by atoms with Gasteiger partial charge in [0, 0.05) is 23.4 Å². The van der Waals surface area contributed by atoms with Crippen molar-refractivity contribution < 1.29 is 13.2 Å². The van der Waals surface area contributed by atoms with E-state index in [1.165, 1.54) is 34.0 Å². The zero-order valence-corrected chi connectivity index (χ0v) is 15.9. The van der Waals surface area contributed by atoms with Crippen LogP contribution in [-0.4, -0.2) is 32.6 Å². The molecule has 9 heteroatoms. The average molecular weight is 394 g/mol. The molecular weight excluding hydrogens is 378 g/mol. The molecule has 6 nitrogen and oxygen atoms in total. The first kappa shape index (κ1) is 17.6. The lowest BCUT2D eigenvalue weighted by atomic mass is 10.1. The molecule has 0 radical (unpaired) electrons. The highest BCUT2D eigenvalue weighted by atomic mass is 32.2. The van der Waals surface area contributed by atoms with Crippen LogP contribution < -0.4 is 9.62 Å². The number of carbonyl (C=O) groups is 1. The molecule has 0 fully saturated rings. The van der Waals surface area contributed by atoms with Crippen LogP contribution in [0.15, 0.2) is 46.5 Å². The molecule has 0 bridgehead atoms. The number of benzene rings is 1. The number of thiophene rings is 1. The number of thiazole rings is 1. The van der Waals surface area contributed by atoms with Gasteiger partial charge in [-0.25, -0.2) is 13.4 Å². The number of anilines is 2. The minimum atomic E-state index is -3.29. The van der Waals surface area contributed by atoms with Crippen molar-refractivity contribution >= 4 is 49.4 Å². The molecule has 0 atom stereocenters. The molecule has 1 aromatic carbocycles. The molecule has 0 unspecified atom stereocenters. The molecule has 0 aliphatic carbocycles. The van der Waals surface area contributed by atoms with E-state index in [-0.39, 0.29) is 5.91 Å². The second kappa shape index (κ2) is 6.95. The molecular formula is C16H15N3O3S3. The number of nitrogens with one attached hydrogen (secondary N) is 1. The molecule has 0 aliphatic heterocycles. The Morgan fingerprint density at radius 1 is 1.16 bits per heavy atom. The van der Waals surface area contributed by atoms with E-state index in [1.807, 2.05) is 10.8 Å². The van der Waals surface area contributed by atoms with Crippen LogP contribution >= 0.6 is 22.7 Å². The molecule has 3 rings (SSSR count). The van der Waals surface area contributed by atoms with Crippen LogP contribution in [0.2, 0.25) is 0 Å². The Kier molecular flexibility index (Phi) is 4.89.